The van der Waals surface area contributed by atoms with Crippen molar-refractivity contribution in [3.63, 3.8) is 0 Å². The van der Waals surface area contributed by atoms with Crippen molar-refractivity contribution >= 4 is 35.0 Å². The average Bonchev–Trinajstić information content (AvgIpc) is 3.35. The minimum absolute atomic E-state index is 0.0604. The molecule has 2 fully saturated rings. The second-order valence-corrected chi connectivity index (χ2v) is 6.62. The highest BCUT2D eigenvalue weighted by Gasteiger charge is 2.35. The molecule has 1 heterocycles. The lowest BCUT2D eigenvalue weighted by Crippen LogP contribution is -2.38. The molecule has 1 atom stereocenters. The van der Waals surface area contributed by atoms with Gasteiger partial charge >= 0.3 is 0 Å². The van der Waals surface area contributed by atoms with Gasteiger partial charge < -0.3 is 15.5 Å². The van der Waals surface area contributed by atoms with Crippen LogP contribution in [0.1, 0.15) is 19.3 Å². The zero-order chi connectivity index (χ0) is 17.1. The van der Waals surface area contributed by atoms with Crippen LogP contribution in [0.4, 0.5) is 5.69 Å². The van der Waals surface area contributed by atoms with Gasteiger partial charge in [-0.2, -0.15) is 0 Å². The molecule has 2 aliphatic rings. The second kappa shape index (κ2) is 7.21. The zero-order valence-corrected chi connectivity index (χ0v) is 14.0. The van der Waals surface area contributed by atoms with Crippen molar-refractivity contribution in [2.24, 2.45) is 11.8 Å². The Balaban J connectivity index is 1.47. The lowest BCUT2D eigenvalue weighted by molar-refractivity contribution is -0.126. The summed E-state index contributed by atoms with van der Waals surface area (Å²) >= 11 is 6.12. The molecule has 1 aliphatic carbocycles. The maximum absolute atomic E-state index is 12.2. The summed E-state index contributed by atoms with van der Waals surface area (Å²) in [5.74, 6) is -0.445. The number of hydrogen-bond acceptors (Lipinski definition) is 3. The third-order valence-corrected chi connectivity index (χ3v) is 4.63. The van der Waals surface area contributed by atoms with Gasteiger partial charge in [0.2, 0.25) is 17.7 Å². The highest BCUT2D eigenvalue weighted by atomic mass is 35.5. The smallest absolute Gasteiger partial charge is 0.227 e. The fraction of sp³-hybridized carbons (Fsp3) is 0.471. The third kappa shape index (κ3) is 3.87. The molecule has 7 heteroatoms. The van der Waals surface area contributed by atoms with Gasteiger partial charge in [-0.05, 0) is 25.0 Å². The van der Waals surface area contributed by atoms with Crippen LogP contribution in [0.5, 0.6) is 0 Å². The number of rotatable bonds is 6. The Morgan fingerprint density at radius 2 is 1.71 bits per heavy atom. The van der Waals surface area contributed by atoms with E-state index in [2.05, 4.69) is 10.6 Å². The molecule has 1 aromatic rings. The maximum Gasteiger partial charge on any atom is 0.227 e. The molecule has 6 nitrogen and oxygen atoms in total. The van der Waals surface area contributed by atoms with Gasteiger partial charge in [0.05, 0.1) is 16.6 Å². The Morgan fingerprint density at radius 3 is 2.33 bits per heavy atom. The third-order valence-electron chi connectivity index (χ3n) is 4.31. The lowest BCUT2D eigenvalue weighted by Gasteiger charge is -2.18. The maximum atomic E-state index is 12.2. The van der Waals surface area contributed by atoms with Crippen LogP contribution in [0.2, 0.25) is 5.02 Å². The summed E-state index contributed by atoms with van der Waals surface area (Å²) in [4.78, 5) is 37.4. The number of halogens is 1. The van der Waals surface area contributed by atoms with E-state index in [0.717, 1.165) is 12.8 Å². The summed E-state index contributed by atoms with van der Waals surface area (Å²) in [6.07, 6.45) is 2.09. The number of nitrogens with one attached hydrogen (secondary N) is 2. The standard InChI is InChI=1S/C17H20ClN3O3/c18-13-3-1-2-4-14(13)21-10-12(9-15(21)22)17(24)20-8-7-19-16(23)11-5-6-11/h1-4,11-12H,5-10H2,(H,19,23)(H,20,24)/t12-/m1/s1. The molecule has 1 aliphatic heterocycles. The van der Waals surface area contributed by atoms with Crippen molar-refractivity contribution in [3.05, 3.63) is 29.3 Å². The molecule has 0 bridgehead atoms. The molecule has 128 valence electrons. The molecule has 1 saturated carbocycles. The highest BCUT2D eigenvalue weighted by molar-refractivity contribution is 6.33. The van der Waals surface area contributed by atoms with Crippen molar-refractivity contribution in [2.45, 2.75) is 19.3 Å². The molecular weight excluding hydrogens is 330 g/mol. The highest BCUT2D eigenvalue weighted by Crippen LogP contribution is 2.31. The minimum atomic E-state index is -0.395. The number of nitrogens with zero attached hydrogens (tertiary/aromatic N) is 1. The predicted octanol–water partition coefficient (Wildman–Crippen LogP) is 1.34. The van der Waals surface area contributed by atoms with Gasteiger partial charge in [0.25, 0.3) is 0 Å². The van der Waals surface area contributed by atoms with Crippen molar-refractivity contribution in [1.82, 2.24) is 10.6 Å². The summed E-state index contributed by atoms with van der Waals surface area (Å²) in [6, 6.07) is 7.10. The summed E-state index contributed by atoms with van der Waals surface area (Å²) in [5, 5.41) is 6.07. The molecular formula is C17H20ClN3O3. The number of carbonyl (C=O) groups excluding carboxylic acids is 3. The van der Waals surface area contributed by atoms with Crippen molar-refractivity contribution in [1.29, 1.82) is 0 Å². The molecule has 0 unspecified atom stereocenters. The van der Waals surface area contributed by atoms with E-state index in [1.165, 1.54) is 0 Å². The normalized spacial score (nSPS) is 20.1. The Labute approximate surface area is 145 Å². The quantitative estimate of drug-likeness (QED) is 0.761. The Bertz CT molecular complexity index is 660. The molecule has 24 heavy (non-hydrogen) atoms. The molecule has 2 N–H and O–H groups in total. The van der Waals surface area contributed by atoms with E-state index < -0.39 is 5.92 Å². The first kappa shape index (κ1) is 16.8. The van der Waals surface area contributed by atoms with E-state index in [0.29, 0.717) is 30.3 Å². The minimum Gasteiger partial charge on any atom is -0.354 e. The van der Waals surface area contributed by atoms with Crippen LogP contribution >= 0.6 is 11.6 Å². The van der Waals surface area contributed by atoms with Crippen molar-refractivity contribution in [3.8, 4) is 0 Å². The molecule has 0 aromatic heterocycles. The fourth-order valence-corrected chi connectivity index (χ4v) is 3.03. The van der Waals surface area contributed by atoms with E-state index in [1.54, 1.807) is 23.1 Å². The van der Waals surface area contributed by atoms with Gasteiger partial charge in [0, 0.05) is 32.0 Å². The van der Waals surface area contributed by atoms with E-state index in [4.69, 9.17) is 11.6 Å². The Hall–Kier alpha value is -2.08. The summed E-state index contributed by atoms with van der Waals surface area (Å²) in [6.45, 7) is 1.10. The van der Waals surface area contributed by atoms with E-state index in [-0.39, 0.29) is 30.1 Å². The largest absolute Gasteiger partial charge is 0.354 e. The van der Waals surface area contributed by atoms with Crippen LogP contribution in [0.25, 0.3) is 0 Å². The average molecular weight is 350 g/mol. The number of amides is 3. The van der Waals surface area contributed by atoms with Gasteiger partial charge in [-0.25, -0.2) is 0 Å². The van der Waals surface area contributed by atoms with Gasteiger partial charge in [-0.15, -0.1) is 0 Å². The molecule has 3 rings (SSSR count). The molecule has 3 amide bonds. The SMILES string of the molecule is O=C(NCCNC(=O)[C@@H]1CC(=O)N(c2ccccc2Cl)C1)C1CC1. The van der Waals surface area contributed by atoms with Crippen LogP contribution < -0.4 is 15.5 Å². The Morgan fingerprint density at radius 1 is 1.08 bits per heavy atom. The first-order chi connectivity index (χ1) is 11.6. The summed E-state index contributed by atoms with van der Waals surface area (Å²) in [5.41, 5.74) is 0.635. The van der Waals surface area contributed by atoms with E-state index in [1.807, 2.05) is 6.07 Å². The summed E-state index contributed by atoms with van der Waals surface area (Å²) < 4.78 is 0. The zero-order valence-electron chi connectivity index (χ0n) is 13.3. The van der Waals surface area contributed by atoms with Gasteiger partial charge in [0.1, 0.15) is 0 Å². The monoisotopic (exact) mass is 349 g/mol. The van der Waals surface area contributed by atoms with Crippen molar-refractivity contribution < 1.29 is 14.4 Å². The lowest BCUT2D eigenvalue weighted by atomic mass is 10.1. The number of para-hydroxylation sites is 1. The van der Waals surface area contributed by atoms with Crippen molar-refractivity contribution in [2.75, 3.05) is 24.5 Å². The number of carbonyl (C=O) groups is 3. The first-order valence-corrected chi connectivity index (χ1v) is 8.54. The van der Waals surface area contributed by atoms with Crippen LogP contribution in [-0.4, -0.2) is 37.4 Å². The van der Waals surface area contributed by atoms with Gasteiger partial charge in [-0.1, -0.05) is 23.7 Å². The van der Waals surface area contributed by atoms with E-state index >= 15 is 0 Å². The first-order valence-electron chi connectivity index (χ1n) is 8.16. The summed E-state index contributed by atoms with van der Waals surface area (Å²) in [7, 11) is 0. The van der Waals surface area contributed by atoms with Gasteiger partial charge in [-0.3, -0.25) is 14.4 Å². The predicted molar refractivity (Wildman–Crippen MR) is 90.7 cm³/mol. The topological polar surface area (TPSA) is 78.5 Å². The second-order valence-electron chi connectivity index (χ2n) is 6.21. The number of anilines is 1. The number of hydrogen-bond donors (Lipinski definition) is 2. The fourth-order valence-electron chi connectivity index (χ4n) is 2.79. The molecule has 1 saturated heterocycles. The van der Waals surface area contributed by atoms with Gasteiger partial charge in [0.15, 0.2) is 0 Å². The van der Waals surface area contributed by atoms with E-state index in [9.17, 15) is 14.4 Å². The molecule has 0 radical (unpaired) electrons. The molecule has 1 aromatic carbocycles. The van der Waals surface area contributed by atoms with Crippen LogP contribution in [0.15, 0.2) is 24.3 Å². The molecule has 0 spiro atoms. The van der Waals surface area contributed by atoms with Crippen LogP contribution in [-0.2, 0) is 14.4 Å². The number of benzene rings is 1. The van der Waals surface area contributed by atoms with Crippen LogP contribution in [0, 0.1) is 11.8 Å². The Kier molecular flexibility index (Phi) is 5.04. The van der Waals surface area contributed by atoms with Crippen LogP contribution in [0.3, 0.4) is 0 Å².